The van der Waals surface area contributed by atoms with Crippen molar-refractivity contribution in [1.82, 2.24) is 4.57 Å². The SMILES string of the molecule is Nc1c(OCc2ccc(-c3ccc4c(c3)c3ccccc3n4-c3ccccc3)cc2)cc(-c2cccc(-c3ccccc3)c2)cc1-c1cccc(-c2ccccc2)c1. The first kappa shape index (κ1) is 34.8. The van der Waals surface area contributed by atoms with Gasteiger partial charge in [0.05, 0.1) is 16.7 Å². The van der Waals surface area contributed by atoms with Crippen LogP contribution in [-0.4, -0.2) is 4.57 Å². The van der Waals surface area contributed by atoms with Crippen LogP contribution in [0, 0.1) is 0 Å². The van der Waals surface area contributed by atoms with Crippen LogP contribution >= 0.6 is 0 Å². The standard InChI is InChI=1S/C55H40N2O/c56-55-50(46-21-13-19-43(33-46)40-16-6-2-7-17-40)35-47(44-20-12-18-42(32-44)39-14-4-1-5-15-39)36-54(55)58-37-38-26-28-41(29-27-38)45-30-31-53-51(34-45)49-24-10-11-25-52(49)57(53)48-22-8-3-9-23-48/h1-36H,37,56H2. The summed E-state index contributed by atoms with van der Waals surface area (Å²) in [6.45, 7) is 0.380. The Morgan fingerprint density at radius 2 is 0.862 bits per heavy atom. The van der Waals surface area contributed by atoms with Gasteiger partial charge >= 0.3 is 0 Å². The second-order valence-corrected chi connectivity index (χ2v) is 14.7. The largest absolute Gasteiger partial charge is 0.487 e. The van der Waals surface area contributed by atoms with Gasteiger partial charge in [-0.3, -0.25) is 0 Å². The number of anilines is 1. The van der Waals surface area contributed by atoms with E-state index in [2.05, 4.69) is 211 Å². The molecule has 0 aliphatic carbocycles. The van der Waals surface area contributed by atoms with Gasteiger partial charge in [0.15, 0.2) is 0 Å². The number of nitrogens with zero attached hydrogens (tertiary/aromatic N) is 1. The molecule has 3 nitrogen and oxygen atoms in total. The molecule has 0 saturated carbocycles. The van der Waals surface area contributed by atoms with Crippen molar-refractivity contribution < 1.29 is 4.74 Å². The highest BCUT2D eigenvalue weighted by Crippen LogP contribution is 2.41. The Labute approximate surface area is 338 Å². The van der Waals surface area contributed by atoms with Gasteiger partial charge in [-0.15, -0.1) is 0 Å². The summed E-state index contributed by atoms with van der Waals surface area (Å²) in [4.78, 5) is 0. The van der Waals surface area contributed by atoms with Crippen molar-refractivity contribution in [2.75, 3.05) is 5.73 Å². The van der Waals surface area contributed by atoms with Crippen LogP contribution in [0.5, 0.6) is 5.75 Å². The molecule has 9 aromatic carbocycles. The molecule has 0 atom stereocenters. The highest BCUT2D eigenvalue weighted by molar-refractivity contribution is 6.10. The zero-order valence-corrected chi connectivity index (χ0v) is 31.9. The second-order valence-electron chi connectivity index (χ2n) is 14.7. The maximum absolute atomic E-state index is 7.03. The van der Waals surface area contributed by atoms with Gasteiger partial charge in [0.2, 0.25) is 0 Å². The predicted octanol–water partition coefficient (Wildman–Crippen LogP) is 14.3. The molecular formula is C55H40N2O. The Kier molecular flexibility index (Phi) is 9.09. The lowest BCUT2D eigenvalue weighted by atomic mass is 9.93. The third-order valence-electron chi connectivity index (χ3n) is 11.1. The molecule has 10 rings (SSSR count). The summed E-state index contributed by atoms with van der Waals surface area (Å²) in [5.74, 6) is 0.659. The lowest BCUT2D eigenvalue weighted by molar-refractivity contribution is 0.308. The van der Waals surface area contributed by atoms with Crippen LogP contribution < -0.4 is 10.5 Å². The van der Waals surface area contributed by atoms with Crippen molar-refractivity contribution in [1.29, 1.82) is 0 Å². The van der Waals surface area contributed by atoms with Gasteiger partial charge in [-0.2, -0.15) is 0 Å². The van der Waals surface area contributed by atoms with Crippen molar-refractivity contribution in [2.24, 2.45) is 0 Å². The summed E-state index contributed by atoms with van der Waals surface area (Å²) in [5.41, 5.74) is 23.3. The van der Waals surface area contributed by atoms with E-state index in [1.165, 1.54) is 32.9 Å². The molecule has 58 heavy (non-hydrogen) atoms. The quantitative estimate of drug-likeness (QED) is 0.150. The number of rotatable bonds is 9. The van der Waals surface area contributed by atoms with E-state index in [-0.39, 0.29) is 0 Å². The molecule has 1 heterocycles. The van der Waals surface area contributed by atoms with Crippen molar-refractivity contribution >= 4 is 27.5 Å². The molecule has 3 heteroatoms. The molecule has 1 aromatic heterocycles. The molecule has 0 aliphatic heterocycles. The maximum atomic E-state index is 7.03. The lowest BCUT2D eigenvalue weighted by Gasteiger charge is -2.17. The van der Waals surface area contributed by atoms with Crippen molar-refractivity contribution in [3.8, 4) is 67.1 Å². The number of nitrogen functional groups attached to an aromatic ring is 1. The number of fused-ring (bicyclic) bond motifs is 3. The van der Waals surface area contributed by atoms with Gasteiger partial charge in [0.25, 0.3) is 0 Å². The first-order valence-electron chi connectivity index (χ1n) is 19.7. The van der Waals surface area contributed by atoms with E-state index in [1.54, 1.807) is 0 Å². The average molecular weight is 745 g/mol. The summed E-state index contributed by atoms with van der Waals surface area (Å²) in [6, 6.07) is 77.1. The fraction of sp³-hybridized carbons (Fsp3) is 0.0182. The zero-order chi connectivity index (χ0) is 38.8. The summed E-state index contributed by atoms with van der Waals surface area (Å²) < 4.78 is 8.99. The second kappa shape index (κ2) is 15.1. The molecule has 0 radical (unpaired) electrons. The number of hydrogen-bond donors (Lipinski definition) is 1. The van der Waals surface area contributed by atoms with Gasteiger partial charge in [-0.25, -0.2) is 0 Å². The van der Waals surface area contributed by atoms with Crippen LogP contribution in [0.1, 0.15) is 5.56 Å². The van der Waals surface area contributed by atoms with Crippen LogP contribution in [-0.2, 0) is 6.61 Å². The Bertz CT molecular complexity index is 3040. The van der Waals surface area contributed by atoms with Crippen molar-refractivity contribution in [3.05, 3.63) is 224 Å². The predicted molar refractivity (Wildman–Crippen MR) is 243 cm³/mol. The minimum Gasteiger partial charge on any atom is -0.487 e. The fourth-order valence-corrected chi connectivity index (χ4v) is 8.12. The Balaban J connectivity index is 0.977. The van der Waals surface area contributed by atoms with E-state index >= 15 is 0 Å². The maximum Gasteiger partial charge on any atom is 0.143 e. The van der Waals surface area contributed by atoms with Gasteiger partial charge in [0.1, 0.15) is 12.4 Å². The lowest BCUT2D eigenvalue weighted by Crippen LogP contribution is -2.01. The monoisotopic (exact) mass is 744 g/mol. The molecule has 0 fully saturated rings. The van der Waals surface area contributed by atoms with Gasteiger partial charge < -0.3 is 15.0 Å². The number of ether oxygens (including phenoxy) is 1. The van der Waals surface area contributed by atoms with E-state index in [1.807, 2.05) is 12.1 Å². The van der Waals surface area contributed by atoms with Crippen LogP contribution in [0.15, 0.2) is 218 Å². The Morgan fingerprint density at radius 3 is 1.55 bits per heavy atom. The number of hydrogen-bond acceptors (Lipinski definition) is 2. The molecule has 0 aliphatic rings. The number of para-hydroxylation sites is 2. The molecule has 0 saturated heterocycles. The summed E-state index contributed by atoms with van der Waals surface area (Å²) in [5, 5.41) is 2.48. The highest BCUT2D eigenvalue weighted by Gasteiger charge is 2.16. The van der Waals surface area contributed by atoms with Crippen LogP contribution in [0.4, 0.5) is 5.69 Å². The molecule has 0 bridgehead atoms. The van der Waals surface area contributed by atoms with Crippen LogP contribution in [0.3, 0.4) is 0 Å². The average Bonchev–Trinajstić information content (AvgIpc) is 3.63. The Hall–Kier alpha value is -7.62. The molecule has 0 unspecified atom stereocenters. The zero-order valence-electron chi connectivity index (χ0n) is 31.9. The van der Waals surface area contributed by atoms with Gasteiger partial charge in [-0.05, 0) is 110 Å². The molecule has 10 aromatic rings. The molecular weight excluding hydrogens is 705 g/mol. The minimum absolute atomic E-state index is 0.380. The third-order valence-corrected chi connectivity index (χ3v) is 11.1. The highest BCUT2D eigenvalue weighted by atomic mass is 16.5. The van der Waals surface area contributed by atoms with E-state index < -0.39 is 0 Å². The van der Waals surface area contributed by atoms with E-state index in [9.17, 15) is 0 Å². The van der Waals surface area contributed by atoms with Crippen LogP contribution in [0.2, 0.25) is 0 Å². The Morgan fingerprint density at radius 1 is 0.362 bits per heavy atom. The number of nitrogens with two attached hydrogens (primary N) is 1. The molecule has 276 valence electrons. The third kappa shape index (κ3) is 6.69. The molecule has 2 N–H and O–H groups in total. The topological polar surface area (TPSA) is 40.2 Å². The summed E-state index contributed by atoms with van der Waals surface area (Å²) in [6.07, 6.45) is 0. The van der Waals surface area contributed by atoms with Gasteiger partial charge in [-0.1, -0.05) is 164 Å². The van der Waals surface area contributed by atoms with Crippen molar-refractivity contribution in [3.63, 3.8) is 0 Å². The van der Waals surface area contributed by atoms with E-state index in [0.29, 0.717) is 18.0 Å². The first-order chi connectivity index (χ1) is 28.7. The number of aromatic nitrogens is 1. The summed E-state index contributed by atoms with van der Waals surface area (Å²) >= 11 is 0. The number of benzene rings is 9. The smallest absolute Gasteiger partial charge is 0.143 e. The summed E-state index contributed by atoms with van der Waals surface area (Å²) in [7, 11) is 0. The van der Waals surface area contributed by atoms with E-state index in [4.69, 9.17) is 10.5 Å². The van der Waals surface area contributed by atoms with Gasteiger partial charge in [0, 0.05) is 22.0 Å². The van der Waals surface area contributed by atoms with Crippen LogP contribution in [0.25, 0.3) is 83.1 Å². The van der Waals surface area contributed by atoms with Crippen molar-refractivity contribution in [2.45, 2.75) is 6.61 Å². The normalized spacial score (nSPS) is 11.2. The minimum atomic E-state index is 0.380. The fourth-order valence-electron chi connectivity index (χ4n) is 8.12. The first-order valence-corrected chi connectivity index (χ1v) is 19.7. The molecule has 0 amide bonds. The molecule has 0 spiro atoms. The van der Waals surface area contributed by atoms with E-state index in [0.717, 1.165) is 55.8 Å².